The molecular formula is C16H14N2O3. The summed E-state index contributed by atoms with van der Waals surface area (Å²) in [5.74, 6) is -0.398. The van der Waals surface area contributed by atoms with E-state index in [-0.39, 0.29) is 23.9 Å². The maximum atomic E-state index is 11.9. The zero-order valence-corrected chi connectivity index (χ0v) is 11.5. The molecule has 0 unspecified atom stereocenters. The van der Waals surface area contributed by atoms with Crippen molar-refractivity contribution in [2.24, 2.45) is 0 Å². The van der Waals surface area contributed by atoms with Gasteiger partial charge in [-0.15, -0.1) is 0 Å². The van der Waals surface area contributed by atoms with Gasteiger partial charge < -0.3 is 5.32 Å². The smallest absolute Gasteiger partial charge is 0.273 e. The van der Waals surface area contributed by atoms with Crippen molar-refractivity contribution in [3.63, 3.8) is 0 Å². The lowest BCUT2D eigenvalue weighted by molar-refractivity contribution is -0.385. The second-order valence-electron chi connectivity index (χ2n) is 5.21. The number of anilines is 1. The SMILES string of the molecule is Cc1ccc2c(c1)[C@H](c1ccccc1[N+](=O)[O-])CC(=O)N2. The summed E-state index contributed by atoms with van der Waals surface area (Å²) in [4.78, 5) is 22.7. The van der Waals surface area contributed by atoms with Crippen molar-refractivity contribution in [3.05, 3.63) is 69.3 Å². The first kappa shape index (κ1) is 13.3. The highest BCUT2D eigenvalue weighted by Gasteiger charge is 2.30. The minimum atomic E-state index is -0.392. The molecule has 1 atom stereocenters. The number of benzene rings is 2. The number of nitrogens with zero attached hydrogens (tertiary/aromatic N) is 1. The zero-order valence-electron chi connectivity index (χ0n) is 11.5. The number of nitro groups is 1. The molecule has 1 amide bonds. The van der Waals surface area contributed by atoms with Gasteiger partial charge in [-0.25, -0.2) is 0 Å². The van der Waals surface area contributed by atoms with Crippen molar-refractivity contribution in [3.8, 4) is 0 Å². The first-order valence-corrected chi connectivity index (χ1v) is 6.70. The molecule has 106 valence electrons. The van der Waals surface area contributed by atoms with E-state index in [9.17, 15) is 14.9 Å². The van der Waals surface area contributed by atoms with Crippen LogP contribution in [0.2, 0.25) is 0 Å². The van der Waals surface area contributed by atoms with Crippen molar-refractivity contribution in [2.45, 2.75) is 19.3 Å². The number of amides is 1. The predicted molar refractivity (Wildman–Crippen MR) is 79.4 cm³/mol. The van der Waals surface area contributed by atoms with E-state index in [1.165, 1.54) is 6.07 Å². The topological polar surface area (TPSA) is 72.2 Å². The van der Waals surface area contributed by atoms with E-state index in [2.05, 4.69) is 5.32 Å². The molecule has 0 saturated heterocycles. The number of hydrogen-bond donors (Lipinski definition) is 1. The minimum Gasteiger partial charge on any atom is -0.326 e. The van der Waals surface area contributed by atoms with Gasteiger partial charge in [0.05, 0.1) is 4.92 Å². The Labute approximate surface area is 121 Å². The Kier molecular flexibility index (Phi) is 3.17. The predicted octanol–water partition coefficient (Wildman–Crippen LogP) is 3.38. The first-order chi connectivity index (χ1) is 10.1. The van der Waals surface area contributed by atoms with Gasteiger partial charge in [0, 0.05) is 29.7 Å². The van der Waals surface area contributed by atoms with E-state index in [0.717, 1.165) is 16.8 Å². The second-order valence-corrected chi connectivity index (χ2v) is 5.21. The van der Waals surface area contributed by atoms with E-state index in [0.29, 0.717) is 5.56 Å². The molecule has 1 N–H and O–H groups in total. The number of nitrogens with one attached hydrogen (secondary N) is 1. The molecule has 5 heteroatoms. The van der Waals surface area contributed by atoms with Gasteiger partial charge in [0.2, 0.25) is 5.91 Å². The van der Waals surface area contributed by atoms with E-state index < -0.39 is 4.92 Å². The highest BCUT2D eigenvalue weighted by Crippen LogP contribution is 2.40. The van der Waals surface area contributed by atoms with Crippen LogP contribution in [0.25, 0.3) is 0 Å². The summed E-state index contributed by atoms with van der Waals surface area (Å²) >= 11 is 0. The van der Waals surface area contributed by atoms with Gasteiger partial charge in [0.1, 0.15) is 0 Å². The van der Waals surface area contributed by atoms with E-state index in [1.807, 2.05) is 25.1 Å². The van der Waals surface area contributed by atoms with Crippen molar-refractivity contribution in [1.82, 2.24) is 0 Å². The average Bonchev–Trinajstić information content (AvgIpc) is 2.47. The maximum Gasteiger partial charge on any atom is 0.273 e. The summed E-state index contributed by atoms with van der Waals surface area (Å²) in [6, 6.07) is 12.4. The standard InChI is InChI=1S/C16H14N2O3/c1-10-6-7-14-13(8-10)12(9-16(19)17-14)11-4-2-3-5-15(11)18(20)21/h2-8,12H,9H2,1H3,(H,17,19)/t12-/m0/s1. The van der Waals surface area contributed by atoms with Crippen LogP contribution in [-0.4, -0.2) is 10.8 Å². The molecule has 1 aliphatic heterocycles. The summed E-state index contributed by atoms with van der Waals surface area (Å²) in [7, 11) is 0. The number of carbonyl (C=O) groups excluding carboxylic acids is 1. The number of rotatable bonds is 2. The number of fused-ring (bicyclic) bond motifs is 1. The third-order valence-corrected chi connectivity index (χ3v) is 3.75. The second kappa shape index (κ2) is 5.01. The van der Waals surface area contributed by atoms with Gasteiger partial charge in [-0.3, -0.25) is 14.9 Å². The molecule has 5 nitrogen and oxygen atoms in total. The highest BCUT2D eigenvalue weighted by atomic mass is 16.6. The number of aryl methyl sites for hydroxylation is 1. The zero-order chi connectivity index (χ0) is 15.0. The molecule has 0 spiro atoms. The lowest BCUT2D eigenvalue weighted by Crippen LogP contribution is -2.24. The van der Waals surface area contributed by atoms with Crippen molar-refractivity contribution >= 4 is 17.3 Å². The van der Waals surface area contributed by atoms with E-state index in [1.54, 1.807) is 18.2 Å². The molecule has 0 radical (unpaired) electrons. The molecule has 3 rings (SSSR count). The Morgan fingerprint density at radius 2 is 1.95 bits per heavy atom. The Bertz CT molecular complexity index is 740. The summed E-state index contributed by atoms with van der Waals surface area (Å²) in [5, 5.41) is 14.1. The third kappa shape index (κ3) is 2.38. The minimum absolute atomic E-state index is 0.0599. The molecule has 0 fully saturated rings. The number of hydrogen-bond acceptors (Lipinski definition) is 3. The summed E-state index contributed by atoms with van der Waals surface area (Å²) in [6.07, 6.45) is 0.224. The Hall–Kier alpha value is -2.69. The summed E-state index contributed by atoms with van der Waals surface area (Å²) in [6.45, 7) is 1.97. The van der Waals surface area contributed by atoms with E-state index >= 15 is 0 Å². The van der Waals surface area contributed by atoms with Gasteiger partial charge in [-0.1, -0.05) is 35.9 Å². The number of para-hydroxylation sites is 1. The Morgan fingerprint density at radius 3 is 2.71 bits per heavy atom. The van der Waals surface area contributed by atoms with Crippen LogP contribution in [-0.2, 0) is 4.79 Å². The fourth-order valence-electron chi connectivity index (χ4n) is 2.81. The third-order valence-electron chi connectivity index (χ3n) is 3.75. The molecule has 1 heterocycles. The maximum absolute atomic E-state index is 11.9. The monoisotopic (exact) mass is 282 g/mol. The summed E-state index contributed by atoms with van der Waals surface area (Å²) < 4.78 is 0. The Balaban J connectivity index is 2.18. The fourth-order valence-corrected chi connectivity index (χ4v) is 2.81. The number of carbonyl (C=O) groups is 1. The average molecular weight is 282 g/mol. The van der Waals surface area contributed by atoms with Crippen LogP contribution in [0.1, 0.15) is 29.0 Å². The quantitative estimate of drug-likeness (QED) is 0.678. The van der Waals surface area contributed by atoms with Crippen LogP contribution in [0.3, 0.4) is 0 Å². The molecule has 2 aromatic rings. The molecular weight excluding hydrogens is 268 g/mol. The Morgan fingerprint density at radius 1 is 1.19 bits per heavy atom. The molecule has 2 aromatic carbocycles. The highest BCUT2D eigenvalue weighted by molar-refractivity contribution is 5.95. The van der Waals surface area contributed by atoms with Crippen LogP contribution in [0.5, 0.6) is 0 Å². The first-order valence-electron chi connectivity index (χ1n) is 6.70. The van der Waals surface area contributed by atoms with Gasteiger partial charge >= 0.3 is 0 Å². The largest absolute Gasteiger partial charge is 0.326 e. The molecule has 21 heavy (non-hydrogen) atoms. The van der Waals surface area contributed by atoms with Crippen LogP contribution in [0.4, 0.5) is 11.4 Å². The van der Waals surface area contributed by atoms with Gasteiger partial charge in [0.25, 0.3) is 5.69 Å². The van der Waals surface area contributed by atoms with Gasteiger partial charge in [-0.05, 0) is 18.6 Å². The van der Waals surface area contributed by atoms with Crippen LogP contribution in [0.15, 0.2) is 42.5 Å². The molecule has 0 saturated carbocycles. The molecule has 0 aromatic heterocycles. The van der Waals surface area contributed by atoms with Crippen molar-refractivity contribution in [2.75, 3.05) is 5.32 Å². The summed E-state index contributed by atoms with van der Waals surface area (Å²) in [5.41, 5.74) is 3.38. The van der Waals surface area contributed by atoms with Crippen molar-refractivity contribution in [1.29, 1.82) is 0 Å². The van der Waals surface area contributed by atoms with E-state index in [4.69, 9.17) is 0 Å². The van der Waals surface area contributed by atoms with Crippen LogP contribution in [0, 0.1) is 17.0 Å². The van der Waals surface area contributed by atoms with Crippen LogP contribution >= 0.6 is 0 Å². The van der Waals surface area contributed by atoms with Gasteiger partial charge in [0.15, 0.2) is 0 Å². The molecule has 0 bridgehead atoms. The lowest BCUT2D eigenvalue weighted by Gasteiger charge is -2.26. The normalized spacial score (nSPS) is 17.0. The van der Waals surface area contributed by atoms with Crippen molar-refractivity contribution < 1.29 is 9.72 Å². The fraction of sp³-hybridized carbons (Fsp3) is 0.188. The lowest BCUT2D eigenvalue weighted by atomic mass is 9.83. The van der Waals surface area contributed by atoms with Crippen LogP contribution < -0.4 is 5.32 Å². The molecule has 0 aliphatic carbocycles. The van der Waals surface area contributed by atoms with Gasteiger partial charge in [-0.2, -0.15) is 0 Å². The number of nitro benzene ring substituents is 1. The molecule has 1 aliphatic rings.